The Morgan fingerprint density at radius 2 is 2.00 bits per heavy atom. The summed E-state index contributed by atoms with van der Waals surface area (Å²) in [6.45, 7) is 0. The number of hydrogen-bond acceptors (Lipinski definition) is 2. The van der Waals surface area contributed by atoms with Crippen LogP contribution in [-0.2, 0) is 10.8 Å². The second-order valence-corrected chi connectivity index (χ2v) is 5.53. The summed E-state index contributed by atoms with van der Waals surface area (Å²) >= 11 is 6.03. The molecule has 0 fully saturated rings. The van der Waals surface area contributed by atoms with Gasteiger partial charge in [-0.15, -0.1) is 0 Å². The molecule has 0 heterocycles. The fourth-order valence-corrected chi connectivity index (χ4v) is 3.06. The SMILES string of the molecule is CS(=O)c1c(Cl)cccc1-c1ccc(N)c(F)c1. The van der Waals surface area contributed by atoms with Gasteiger partial charge in [0.1, 0.15) is 5.82 Å². The Hall–Kier alpha value is -1.39. The minimum atomic E-state index is -1.25. The largest absolute Gasteiger partial charge is 0.396 e. The van der Waals surface area contributed by atoms with Gasteiger partial charge < -0.3 is 5.73 Å². The lowest BCUT2D eigenvalue weighted by atomic mass is 10.1. The molecule has 2 nitrogen and oxygen atoms in total. The molecule has 2 aromatic rings. The highest BCUT2D eigenvalue weighted by Gasteiger charge is 2.13. The Kier molecular flexibility index (Phi) is 3.68. The summed E-state index contributed by atoms with van der Waals surface area (Å²) in [5.74, 6) is -0.500. The van der Waals surface area contributed by atoms with Gasteiger partial charge in [-0.1, -0.05) is 29.8 Å². The highest BCUT2D eigenvalue weighted by Crippen LogP contribution is 2.32. The van der Waals surface area contributed by atoms with Crippen molar-refractivity contribution in [2.45, 2.75) is 4.90 Å². The molecule has 0 aliphatic rings. The molecule has 2 N–H and O–H groups in total. The van der Waals surface area contributed by atoms with Crippen LogP contribution in [0.15, 0.2) is 41.3 Å². The monoisotopic (exact) mass is 283 g/mol. The van der Waals surface area contributed by atoms with Crippen LogP contribution in [-0.4, -0.2) is 10.5 Å². The van der Waals surface area contributed by atoms with Crippen molar-refractivity contribution in [2.75, 3.05) is 12.0 Å². The normalized spacial score (nSPS) is 12.4. The summed E-state index contributed by atoms with van der Waals surface area (Å²) in [6.07, 6.45) is 1.54. The highest BCUT2D eigenvalue weighted by atomic mass is 35.5. The van der Waals surface area contributed by atoms with E-state index < -0.39 is 16.6 Å². The predicted molar refractivity (Wildman–Crippen MR) is 73.6 cm³/mol. The predicted octanol–water partition coefficient (Wildman–Crippen LogP) is 3.47. The van der Waals surface area contributed by atoms with Crippen LogP contribution < -0.4 is 5.73 Å². The van der Waals surface area contributed by atoms with E-state index in [-0.39, 0.29) is 5.69 Å². The van der Waals surface area contributed by atoms with E-state index in [2.05, 4.69) is 0 Å². The summed E-state index contributed by atoms with van der Waals surface area (Å²) in [4.78, 5) is 0.503. The maximum atomic E-state index is 13.5. The maximum absolute atomic E-state index is 13.5. The smallest absolute Gasteiger partial charge is 0.146 e. The third-order valence-electron chi connectivity index (χ3n) is 2.57. The first kappa shape index (κ1) is 13.1. The zero-order valence-electron chi connectivity index (χ0n) is 9.61. The van der Waals surface area contributed by atoms with Crippen molar-refractivity contribution in [1.82, 2.24) is 0 Å². The van der Waals surface area contributed by atoms with E-state index in [1.54, 1.807) is 30.5 Å². The molecule has 0 amide bonds. The first-order valence-electron chi connectivity index (χ1n) is 5.18. The van der Waals surface area contributed by atoms with Gasteiger partial charge in [-0.2, -0.15) is 0 Å². The fourth-order valence-electron chi connectivity index (χ4n) is 1.72. The average Bonchev–Trinajstić information content (AvgIpc) is 2.32. The third kappa shape index (κ3) is 2.40. The topological polar surface area (TPSA) is 43.1 Å². The zero-order valence-corrected chi connectivity index (χ0v) is 11.2. The van der Waals surface area contributed by atoms with E-state index in [4.69, 9.17) is 17.3 Å². The third-order valence-corrected chi connectivity index (χ3v) is 4.01. The van der Waals surface area contributed by atoms with Crippen LogP contribution in [0.3, 0.4) is 0 Å². The van der Waals surface area contributed by atoms with Gasteiger partial charge in [-0.05, 0) is 29.3 Å². The van der Waals surface area contributed by atoms with Crippen molar-refractivity contribution in [3.63, 3.8) is 0 Å². The highest BCUT2D eigenvalue weighted by molar-refractivity contribution is 7.84. The van der Waals surface area contributed by atoms with Gasteiger partial charge >= 0.3 is 0 Å². The Morgan fingerprint density at radius 3 is 2.61 bits per heavy atom. The Labute approximate surface area is 112 Å². The van der Waals surface area contributed by atoms with E-state index in [0.717, 1.165) is 0 Å². The van der Waals surface area contributed by atoms with Crippen molar-refractivity contribution in [2.24, 2.45) is 0 Å². The lowest BCUT2D eigenvalue weighted by Gasteiger charge is -2.10. The van der Waals surface area contributed by atoms with Crippen molar-refractivity contribution in [1.29, 1.82) is 0 Å². The molecule has 2 rings (SSSR count). The van der Waals surface area contributed by atoms with Gasteiger partial charge in [0.25, 0.3) is 0 Å². The number of rotatable bonds is 2. The molecule has 0 aliphatic heterocycles. The summed E-state index contributed by atoms with van der Waals surface area (Å²) < 4.78 is 25.2. The Morgan fingerprint density at radius 1 is 1.28 bits per heavy atom. The lowest BCUT2D eigenvalue weighted by molar-refractivity contribution is 0.633. The summed E-state index contributed by atoms with van der Waals surface area (Å²) in [5, 5.41) is 0.408. The molecule has 0 aromatic heterocycles. The van der Waals surface area contributed by atoms with Crippen molar-refractivity contribution in [3.05, 3.63) is 47.2 Å². The number of benzene rings is 2. The number of nitrogens with two attached hydrogens (primary N) is 1. The molecular formula is C13H11ClFNOS. The summed E-state index contributed by atoms with van der Waals surface area (Å²) in [5.41, 5.74) is 6.78. The molecule has 0 aliphatic carbocycles. The minimum Gasteiger partial charge on any atom is -0.396 e. The van der Waals surface area contributed by atoms with Crippen molar-refractivity contribution >= 4 is 28.1 Å². The second kappa shape index (κ2) is 5.08. The number of hydrogen-bond donors (Lipinski definition) is 1. The van der Waals surface area contributed by atoms with Crippen LogP contribution >= 0.6 is 11.6 Å². The maximum Gasteiger partial charge on any atom is 0.146 e. The molecule has 0 radical (unpaired) electrons. The number of anilines is 1. The minimum absolute atomic E-state index is 0.0833. The summed E-state index contributed by atoms with van der Waals surface area (Å²) in [7, 11) is -1.25. The first-order valence-corrected chi connectivity index (χ1v) is 7.11. The molecule has 5 heteroatoms. The van der Waals surface area contributed by atoms with Crippen LogP contribution in [0.4, 0.5) is 10.1 Å². The molecule has 0 bridgehead atoms. The zero-order chi connectivity index (χ0) is 13.3. The number of halogens is 2. The average molecular weight is 284 g/mol. The number of nitrogen functional groups attached to an aromatic ring is 1. The molecule has 1 unspecified atom stereocenters. The molecule has 0 saturated carbocycles. The van der Waals surface area contributed by atoms with Gasteiger partial charge in [-0.3, -0.25) is 4.21 Å². The van der Waals surface area contributed by atoms with Gasteiger partial charge in [0, 0.05) is 6.26 Å². The van der Waals surface area contributed by atoms with Crippen LogP contribution in [0.2, 0.25) is 5.02 Å². The molecule has 0 spiro atoms. The first-order chi connectivity index (χ1) is 8.50. The van der Waals surface area contributed by atoms with E-state index in [1.165, 1.54) is 12.1 Å². The van der Waals surface area contributed by atoms with Crippen molar-refractivity contribution < 1.29 is 8.60 Å². The molecule has 0 saturated heterocycles. The Balaban J connectivity index is 2.67. The molecule has 18 heavy (non-hydrogen) atoms. The van der Waals surface area contributed by atoms with E-state index in [0.29, 0.717) is 21.0 Å². The lowest BCUT2D eigenvalue weighted by Crippen LogP contribution is -1.95. The van der Waals surface area contributed by atoms with Crippen LogP contribution in [0.1, 0.15) is 0 Å². The van der Waals surface area contributed by atoms with Crippen molar-refractivity contribution in [3.8, 4) is 11.1 Å². The molecule has 2 aromatic carbocycles. The van der Waals surface area contributed by atoms with Crippen LogP contribution in [0.25, 0.3) is 11.1 Å². The van der Waals surface area contributed by atoms with E-state index >= 15 is 0 Å². The molecule has 1 atom stereocenters. The van der Waals surface area contributed by atoms with E-state index in [1.807, 2.05) is 0 Å². The van der Waals surface area contributed by atoms with Gasteiger partial charge in [0.05, 0.1) is 26.4 Å². The van der Waals surface area contributed by atoms with E-state index in [9.17, 15) is 8.60 Å². The standard InChI is InChI=1S/C13H11ClFNOS/c1-18(17)13-9(3-2-4-10(13)14)8-5-6-12(16)11(15)7-8/h2-7H,16H2,1H3. The molecule has 94 valence electrons. The second-order valence-electron chi connectivity index (χ2n) is 3.81. The quantitative estimate of drug-likeness (QED) is 0.858. The fraction of sp³-hybridized carbons (Fsp3) is 0.0769. The Bertz CT molecular complexity index is 630. The van der Waals surface area contributed by atoms with Crippen LogP contribution in [0, 0.1) is 5.82 Å². The summed E-state index contributed by atoms with van der Waals surface area (Å²) in [6, 6.07) is 9.64. The van der Waals surface area contributed by atoms with Gasteiger partial charge in [0.2, 0.25) is 0 Å². The molecular weight excluding hydrogens is 273 g/mol. The van der Waals surface area contributed by atoms with Gasteiger partial charge in [0.15, 0.2) is 0 Å². The van der Waals surface area contributed by atoms with Crippen LogP contribution in [0.5, 0.6) is 0 Å². The van der Waals surface area contributed by atoms with Gasteiger partial charge in [-0.25, -0.2) is 4.39 Å².